The number of anilines is 1. The van der Waals surface area contributed by atoms with E-state index < -0.39 is 17.8 Å². The number of nitrogens with zero attached hydrogens (tertiary/aromatic N) is 1. The van der Waals surface area contributed by atoms with Crippen LogP contribution in [0.1, 0.15) is 16.7 Å². The van der Waals surface area contributed by atoms with Crippen molar-refractivity contribution in [2.45, 2.75) is 13.3 Å². The van der Waals surface area contributed by atoms with Crippen molar-refractivity contribution in [2.75, 3.05) is 4.90 Å². The zero-order chi connectivity index (χ0) is 20.4. The van der Waals surface area contributed by atoms with Crippen LogP contribution in [0.25, 0.3) is 6.08 Å². The summed E-state index contributed by atoms with van der Waals surface area (Å²) in [5.74, 6) is -1.38. The first kappa shape index (κ1) is 19.6. The largest absolute Gasteiger partial charge is 0.508 e. The number of phenols is 1. The Bertz CT molecular complexity index is 1040. The predicted octanol–water partition coefficient (Wildman–Crippen LogP) is 3.86. The molecule has 0 radical (unpaired) electrons. The summed E-state index contributed by atoms with van der Waals surface area (Å²) in [7, 11) is 0. The van der Waals surface area contributed by atoms with Gasteiger partial charge in [-0.15, -0.1) is 6.58 Å². The first-order chi connectivity index (χ1) is 13.3. The summed E-state index contributed by atoms with van der Waals surface area (Å²) in [5.41, 5.74) is 2.20. The van der Waals surface area contributed by atoms with E-state index in [0.29, 0.717) is 23.2 Å². The van der Waals surface area contributed by atoms with Gasteiger partial charge < -0.3 is 5.11 Å². The fourth-order valence-corrected chi connectivity index (χ4v) is 3.09. The quantitative estimate of drug-likeness (QED) is 0.429. The van der Waals surface area contributed by atoms with Crippen molar-refractivity contribution in [3.63, 3.8) is 0 Å². The highest BCUT2D eigenvalue weighted by Gasteiger charge is 2.36. The Morgan fingerprint density at radius 1 is 1.18 bits per heavy atom. The number of urea groups is 1. The molecule has 2 N–H and O–H groups in total. The summed E-state index contributed by atoms with van der Waals surface area (Å²) in [6.07, 6.45) is 3.47. The molecule has 2 aromatic rings. The van der Waals surface area contributed by atoms with E-state index in [0.717, 1.165) is 14.9 Å². The summed E-state index contributed by atoms with van der Waals surface area (Å²) >= 11 is 3.38. The van der Waals surface area contributed by atoms with E-state index in [9.17, 15) is 19.5 Å². The number of hydrogen-bond acceptors (Lipinski definition) is 4. The highest BCUT2D eigenvalue weighted by Crippen LogP contribution is 2.27. The Labute approximate surface area is 170 Å². The van der Waals surface area contributed by atoms with Crippen molar-refractivity contribution in [1.82, 2.24) is 5.32 Å². The molecule has 0 spiro atoms. The number of barbiturate groups is 1. The molecule has 7 heteroatoms. The van der Waals surface area contributed by atoms with Crippen LogP contribution in [0.15, 0.2) is 59.1 Å². The number of carbonyl (C=O) groups excluding carboxylic acids is 3. The van der Waals surface area contributed by atoms with E-state index >= 15 is 0 Å². The number of amides is 4. The van der Waals surface area contributed by atoms with Crippen molar-refractivity contribution in [1.29, 1.82) is 0 Å². The Balaban J connectivity index is 2.02. The number of halogens is 1. The number of hydrogen-bond donors (Lipinski definition) is 2. The van der Waals surface area contributed by atoms with Crippen LogP contribution in [-0.2, 0) is 16.0 Å². The molecule has 0 unspecified atom stereocenters. The number of phenolic OH excluding ortho intramolecular Hbond substituents is 1. The molecule has 2 aromatic carbocycles. The fourth-order valence-electron chi connectivity index (χ4n) is 2.84. The van der Waals surface area contributed by atoms with Gasteiger partial charge in [-0.1, -0.05) is 28.1 Å². The molecular formula is C21H17BrN2O4. The van der Waals surface area contributed by atoms with Gasteiger partial charge in [0, 0.05) is 4.47 Å². The first-order valence-electron chi connectivity index (χ1n) is 8.42. The van der Waals surface area contributed by atoms with E-state index in [1.165, 1.54) is 12.1 Å². The van der Waals surface area contributed by atoms with Gasteiger partial charge in [-0.05, 0) is 66.4 Å². The lowest BCUT2D eigenvalue weighted by Crippen LogP contribution is -2.54. The number of benzene rings is 2. The Morgan fingerprint density at radius 3 is 2.61 bits per heavy atom. The molecule has 1 heterocycles. The molecule has 0 aliphatic carbocycles. The second-order valence-corrected chi connectivity index (χ2v) is 7.13. The SMILES string of the molecule is C=CCc1cc(/C=C2\C(=O)NC(=O)N(c3ccc(Br)c(C)c3)C2=O)ccc1O. The predicted molar refractivity (Wildman–Crippen MR) is 110 cm³/mol. The van der Waals surface area contributed by atoms with Crippen LogP contribution < -0.4 is 10.2 Å². The number of aromatic hydroxyl groups is 1. The third-order valence-electron chi connectivity index (χ3n) is 4.28. The minimum Gasteiger partial charge on any atom is -0.508 e. The average Bonchev–Trinajstić information content (AvgIpc) is 2.64. The molecule has 6 nitrogen and oxygen atoms in total. The molecule has 0 aromatic heterocycles. The molecule has 0 saturated carbocycles. The molecule has 1 saturated heterocycles. The molecule has 4 amide bonds. The lowest BCUT2D eigenvalue weighted by molar-refractivity contribution is -0.122. The number of carbonyl (C=O) groups is 3. The molecule has 142 valence electrons. The number of rotatable bonds is 4. The van der Waals surface area contributed by atoms with E-state index in [2.05, 4.69) is 27.8 Å². The van der Waals surface area contributed by atoms with Crippen molar-refractivity contribution >= 4 is 45.5 Å². The van der Waals surface area contributed by atoms with Crippen LogP contribution in [0.5, 0.6) is 5.75 Å². The summed E-state index contributed by atoms with van der Waals surface area (Å²) in [6.45, 7) is 5.47. The molecule has 28 heavy (non-hydrogen) atoms. The normalized spacial score (nSPS) is 15.7. The lowest BCUT2D eigenvalue weighted by Gasteiger charge is -2.26. The third kappa shape index (κ3) is 3.75. The van der Waals surface area contributed by atoms with Crippen LogP contribution in [0.4, 0.5) is 10.5 Å². The summed E-state index contributed by atoms with van der Waals surface area (Å²) in [4.78, 5) is 38.4. The molecule has 3 rings (SSSR count). The number of allylic oxidation sites excluding steroid dienone is 1. The van der Waals surface area contributed by atoms with Gasteiger partial charge in [0.05, 0.1) is 5.69 Å². The Morgan fingerprint density at radius 2 is 1.93 bits per heavy atom. The molecule has 1 aliphatic rings. The van der Waals surface area contributed by atoms with E-state index in [4.69, 9.17) is 0 Å². The van der Waals surface area contributed by atoms with Crippen LogP contribution in [-0.4, -0.2) is 23.0 Å². The number of imide groups is 2. The van der Waals surface area contributed by atoms with Crippen molar-refractivity contribution < 1.29 is 19.5 Å². The Hall–Kier alpha value is -3.19. The molecule has 0 bridgehead atoms. The zero-order valence-electron chi connectivity index (χ0n) is 15.0. The highest BCUT2D eigenvalue weighted by atomic mass is 79.9. The van der Waals surface area contributed by atoms with Gasteiger partial charge >= 0.3 is 6.03 Å². The minimum absolute atomic E-state index is 0.101. The summed E-state index contributed by atoms with van der Waals surface area (Å²) in [6, 6.07) is 8.95. The Kier molecular flexibility index (Phi) is 5.46. The second kappa shape index (κ2) is 7.82. The maximum absolute atomic E-state index is 12.9. The highest BCUT2D eigenvalue weighted by molar-refractivity contribution is 9.10. The van der Waals surface area contributed by atoms with Crippen LogP contribution in [0.3, 0.4) is 0 Å². The van der Waals surface area contributed by atoms with Gasteiger partial charge in [0.25, 0.3) is 11.8 Å². The van der Waals surface area contributed by atoms with Gasteiger partial charge in [0.2, 0.25) is 0 Å². The van der Waals surface area contributed by atoms with Gasteiger partial charge in [-0.2, -0.15) is 0 Å². The monoisotopic (exact) mass is 440 g/mol. The number of aryl methyl sites for hydroxylation is 1. The van der Waals surface area contributed by atoms with E-state index in [1.54, 1.807) is 36.4 Å². The van der Waals surface area contributed by atoms with Crippen molar-refractivity contribution in [3.05, 3.63) is 75.8 Å². The van der Waals surface area contributed by atoms with Gasteiger partial charge in [-0.25, -0.2) is 9.69 Å². The van der Waals surface area contributed by atoms with Crippen LogP contribution in [0, 0.1) is 6.92 Å². The van der Waals surface area contributed by atoms with Crippen molar-refractivity contribution in [3.8, 4) is 5.75 Å². The standard InChI is InChI=1S/C21H17BrN2O4/c1-3-4-14-10-13(5-8-18(14)25)11-16-19(26)23-21(28)24(20(16)27)15-6-7-17(22)12(2)9-15/h3,5-11,25H,1,4H2,2H3,(H,23,26,28)/b16-11+. The van der Waals surface area contributed by atoms with E-state index in [1.807, 2.05) is 6.92 Å². The first-order valence-corrected chi connectivity index (χ1v) is 9.21. The lowest BCUT2D eigenvalue weighted by atomic mass is 10.0. The topological polar surface area (TPSA) is 86.7 Å². The molecule has 0 atom stereocenters. The maximum Gasteiger partial charge on any atom is 0.335 e. The van der Waals surface area contributed by atoms with Gasteiger partial charge in [-0.3, -0.25) is 14.9 Å². The smallest absolute Gasteiger partial charge is 0.335 e. The average molecular weight is 441 g/mol. The second-order valence-electron chi connectivity index (χ2n) is 6.27. The van der Waals surface area contributed by atoms with Crippen LogP contribution >= 0.6 is 15.9 Å². The fraction of sp³-hybridized carbons (Fsp3) is 0.0952. The van der Waals surface area contributed by atoms with E-state index in [-0.39, 0.29) is 11.3 Å². The minimum atomic E-state index is -0.799. The molecule has 1 aliphatic heterocycles. The maximum atomic E-state index is 12.9. The summed E-state index contributed by atoms with van der Waals surface area (Å²) < 4.78 is 0.840. The zero-order valence-corrected chi connectivity index (χ0v) is 16.6. The van der Waals surface area contributed by atoms with Crippen molar-refractivity contribution in [2.24, 2.45) is 0 Å². The van der Waals surface area contributed by atoms with Gasteiger partial charge in [0.1, 0.15) is 11.3 Å². The van der Waals surface area contributed by atoms with Crippen LogP contribution in [0.2, 0.25) is 0 Å². The molecular weight excluding hydrogens is 424 g/mol. The third-order valence-corrected chi connectivity index (χ3v) is 5.17. The molecule has 1 fully saturated rings. The number of nitrogens with one attached hydrogen (secondary N) is 1. The van der Waals surface area contributed by atoms with Gasteiger partial charge in [0.15, 0.2) is 0 Å². The summed E-state index contributed by atoms with van der Waals surface area (Å²) in [5, 5.41) is 12.1.